The number of nitrogens with zero attached hydrogens (tertiary/aromatic N) is 2. The largest absolute Gasteiger partial charge is 0.497 e. The van der Waals surface area contributed by atoms with Gasteiger partial charge in [0.25, 0.3) is 0 Å². The van der Waals surface area contributed by atoms with E-state index in [1.807, 2.05) is 61.5 Å². The summed E-state index contributed by atoms with van der Waals surface area (Å²) in [4.78, 5) is 28.7. The van der Waals surface area contributed by atoms with Crippen molar-refractivity contribution in [1.29, 1.82) is 0 Å². The maximum Gasteiger partial charge on any atom is 0.243 e. The molecule has 0 radical (unpaired) electrons. The topological polar surface area (TPSA) is 96.0 Å². The van der Waals surface area contributed by atoms with Crippen LogP contribution in [0.4, 0.5) is 5.69 Å². The van der Waals surface area contributed by atoms with Crippen LogP contribution >= 0.6 is 15.9 Å². The fourth-order valence-electron chi connectivity index (χ4n) is 4.43. The van der Waals surface area contributed by atoms with E-state index in [0.29, 0.717) is 24.4 Å². The molecular weight excluding hydrogens is 594 g/mol. The molecule has 0 saturated carbocycles. The monoisotopic (exact) mass is 629 g/mol. The number of hydrogen-bond acceptors (Lipinski definition) is 5. The molecule has 10 heteroatoms. The van der Waals surface area contributed by atoms with Gasteiger partial charge < -0.3 is 15.0 Å². The van der Waals surface area contributed by atoms with Gasteiger partial charge in [-0.3, -0.25) is 13.9 Å². The van der Waals surface area contributed by atoms with Gasteiger partial charge in [0.15, 0.2) is 0 Å². The molecule has 40 heavy (non-hydrogen) atoms. The predicted molar refractivity (Wildman–Crippen MR) is 162 cm³/mol. The lowest BCUT2D eigenvalue weighted by Gasteiger charge is -2.32. The molecule has 8 nitrogen and oxygen atoms in total. The van der Waals surface area contributed by atoms with E-state index in [-0.39, 0.29) is 37.7 Å². The summed E-state index contributed by atoms with van der Waals surface area (Å²) in [6.45, 7) is 2.64. The first kappa shape index (κ1) is 31.2. The van der Waals surface area contributed by atoms with Crippen LogP contribution in [0.25, 0.3) is 0 Å². The Bertz CT molecular complexity index is 1370. The summed E-state index contributed by atoms with van der Waals surface area (Å²) in [6.07, 6.45) is 1.85. The maximum atomic E-state index is 13.8. The lowest BCUT2D eigenvalue weighted by molar-refractivity contribution is -0.141. The second-order valence-corrected chi connectivity index (χ2v) is 12.2. The third-order valence-electron chi connectivity index (χ3n) is 6.38. The van der Waals surface area contributed by atoms with Crippen LogP contribution in [0.1, 0.15) is 30.9 Å². The highest BCUT2D eigenvalue weighted by Crippen LogP contribution is 2.23. The van der Waals surface area contributed by atoms with Crippen LogP contribution in [0.15, 0.2) is 83.3 Å². The van der Waals surface area contributed by atoms with E-state index >= 15 is 0 Å². The average molecular weight is 631 g/mol. The summed E-state index contributed by atoms with van der Waals surface area (Å²) >= 11 is 3.49. The number of carbonyl (C=O) groups excluding carboxylic acids is 2. The molecule has 214 valence electrons. The van der Waals surface area contributed by atoms with E-state index in [9.17, 15) is 18.0 Å². The molecule has 1 N–H and O–H groups in total. The Morgan fingerprint density at radius 1 is 0.975 bits per heavy atom. The van der Waals surface area contributed by atoms with Crippen molar-refractivity contribution in [2.45, 2.75) is 38.8 Å². The third-order valence-corrected chi connectivity index (χ3v) is 8.06. The highest BCUT2D eigenvalue weighted by Gasteiger charge is 2.30. The van der Waals surface area contributed by atoms with Crippen molar-refractivity contribution in [3.05, 3.63) is 94.5 Å². The Morgan fingerprint density at radius 2 is 1.65 bits per heavy atom. The van der Waals surface area contributed by atoms with Crippen molar-refractivity contribution >= 4 is 43.5 Å². The summed E-state index contributed by atoms with van der Waals surface area (Å²) < 4.78 is 32.5. The molecule has 0 aliphatic rings. The van der Waals surface area contributed by atoms with Crippen molar-refractivity contribution in [2.24, 2.45) is 0 Å². The predicted octanol–water partition coefficient (Wildman–Crippen LogP) is 4.78. The smallest absolute Gasteiger partial charge is 0.243 e. The minimum absolute atomic E-state index is 0.0703. The van der Waals surface area contributed by atoms with Crippen LogP contribution < -0.4 is 14.4 Å². The van der Waals surface area contributed by atoms with E-state index in [2.05, 4.69) is 21.2 Å². The van der Waals surface area contributed by atoms with Gasteiger partial charge in [0.05, 0.1) is 19.1 Å². The first-order valence-corrected chi connectivity index (χ1v) is 15.7. The van der Waals surface area contributed by atoms with E-state index in [4.69, 9.17) is 4.74 Å². The van der Waals surface area contributed by atoms with Gasteiger partial charge in [-0.2, -0.15) is 0 Å². The minimum Gasteiger partial charge on any atom is -0.497 e. The number of halogens is 1. The zero-order valence-corrected chi connectivity index (χ0v) is 25.4. The Morgan fingerprint density at radius 3 is 2.25 bits per heavy atom. The number of rotatable bonds is 14. The Hall–Kier alpha value is -3.37. The van der Waals surface area contributed by atoms with Gasteiger partial charge >= 0.3 is 0 Å². The lowest BCUT2D eigenvalue weighted by Crippen LogP contribution is -2.50. The molecule has 0 bridgehead atoms. The second-order valence-electron chi connectivity index (χ2n) is 9.39. The summed E-state index contributed by atoms with van der Waals surface area (Å²) in [7, 11) is -2.05. The highest BCUT2D eigenvalue weighted by atomic mass is 79.9. The van der Waals surface area contributed by atoms with E-state index in [0.717, 1.165) is 21.9 Å². The Kier molecular flexibility index (Phi) is 11.6. The zero-order valence-electron chi connectivity index (χ0n) is 23.0. The van der Waals surface area contributed by atoms with Crippen LogP contribution in [0.5, 0.6) is 5.75 Å². The Labute approximate surface area is 245 Å². The van der Waals surface area contributed by atoms with E-state index in [1.54, 1.807) is 36.3 Å². The molecule has 0 aliphatic carbocycles. The van der Waals surface area contributed by atoms with Gasteiger partial charge in [0.2, 0.25) is 21.8 Å². The molecule has 0 fully saturated rings. The quantitative estimate of drug-likeness (QED) is 0.277. The SMILES string of the molecule is CCNC(=O)C(Cc1ccccc1)N(Cc1cccc(Br)c1)C(=O)CCCN(c1ccc(OC)cc1)S(C)(=O)=O. The number of anilines is 1. The number of sulfonamides is 1. The molecule has 1 unspecified atom stereocenters. The first-order valence-electron chi connectivity index (χ1n) is 13.1. The average Bonchev–Trinajstić information content (AvgIpc) is 2.93. The number of carbonyl (C=O) groups is 2. The van der Waals surface area contributed by atoms with Gasteiger partial charge in [-0.1, -0.05) is 58.4 Å². The van der Waals surface area contributed by atoms with Crippen LogP contribution in [-0.4, -0.2) is 57.6 Å². The molecule has 0 aliphatic heterocycles. The molecule has 2 amide bonds. The first-order chi connectivity index (χ1) is 19.1. The summed E-state index contributed by atoms with van der Waals surface area (Å²) in [6, 6.07) is 23.2. The Balaban J connectivity index is 1.85. The van der Waals surface area contributed by atoms with Crippen molar-refractivity contribution in [3.63, 3.8) is 0 Å². The minimum atomic E-state index is -3.59. The van der Waals surface area contributed by atoms with Crippen LogP contribution in [0, 0.1) is 0 Å². The standard InChI is InChI=1S/C30H36BrN3O5S/c1-4-32-30(36)28(21-23-10-6-5-7-11-23)33(22-24-12-8-13-25(31)20-24)29(35)14-9-19-34(40(3,37)38)26-15-17-27(39-2)18-16-26/h5-8,10-13,15-18,20,28H,4,9,14,19,21-22H2,1-3H3,(H,32,36). The van der Waals surface area contributed by atoms with Crippen molar-refractivity contribution in [1.82, 2.24) is 10.2 Å². The van der Waals surface area contributed by atoms with Gasteiger partial charge in [-0.15, -0.1) is 0 Å². The number of benzene rings is 3. The lowest BCUT2D eigenvalue weighted by atomic mass is 10.0. The van der Waals surface area contributed by atoms with Crippen LogP contribution in [-0.2, 0) is 32.6 Å². The molecular formula is C30H36BrN3O5S. The van der Waals surface area contributed by atoms with Gasteiger partial charge in [0.1, 0.15) is 11.8 Å². The maximum absolute atomic E-state index is 13.8. The molecule has 1 atom stereocenters. The van der Waals surface area contributed by atoms with Crippen molar-refractivity contribution in [2.75, 3.05) is 30.8 Å². The third kappa shape index (κ3) is 9.09. The van der Waals surface area contributed by atoms with Gasteiger partial charge in [-0.05, 0) is 60.9 Å². The number of likely N-dealkylation sites (N-methyl/N-ethyl adjacent to an activating group) is 1. The highest BCUT2D eigenvalue weighted by molar-refractivity contribution is 9.10. The fourth-order valence-corrected chi connectivity index (χ4v) is 5.84. The summed E-state index contributed by atoms with van der Waals surface area (Å²) in [5, 5.41) is 2.88. The second kappa shape index (κ2) is 14.9. The number of nitrogens with one attached hydrogen (secondary N) is 1. The molecule has 0 aromatic heterocycles. The number of methoxy groups -OCH3 is 1. The van der Waals surface area contributed by atoms with Crippen LogP contribution in [0.2, 0.25) is 0 Å². The molecule has 0 spiro atoms. The van der Waals surface area contributed by atoms with Crippen molar-refractivity contribution in [3.8, 4) is 5.75 Å². The van der Waals surface area contributed by atoms with E-state index in [1.165, 1.54) is 4.31 Å². The van der Waals surface area contributed by atoms with Crippen LogP contribution in [0.3, 0.4) is 0 Å². The molecule has 3 rings (SSSR count). The zero-order chi connectivity index (χ0) is 29.1. The number of amides is 2. The number of hydrogen-bond donors (Lipinski definition) is 1. The molecule has 3 aromatic rings. The molecule has 0 heterocycles. The normalized spacial score (nSPS) is 11.9. The molecule has 0 saturated heterocycles. The van der Waals surface area contributed by atoms with Gasteiger partial charge in [-0.25, -0.2) is 8.42 Å². The van der Waals surface area contributed by atoms with Crippen molar-refractivity contribution < 1.29 is 22.7 Å². The summed E-state index contributed by atoms with van der Waals surface area (Å²) in [5.41, 5.74) is 2.31. The molecule has 3 aromatic carbocycles. The van der Waals surface area contributed by atoms with E-state index < -0.39 is 16.1 Å². The fraction of sp³-hybridized carbons (Fsp3) is 0.333. The van der Waals surface area contributed by atoms with Gasteiger partial charge in [0, 0.05) is 36.9 Å². The summed E-state index contributed by atoms with van der Waals surface area (Å²) in [5.74, 6) is 0.159. The number of ether oxygens (including phenoxy) is 1.